The molecule has 1 heterocycles. The third-order valence-electron chi connectivity index (χ3n) is 5.93. The molecule has 0 aromatic heterocycles. The molecule has 3 rings (SSSR count). The van der Waals surface area contributed by atoms with Crippen LogP contribution in [0.15, 0.2) is 47.4 Å². The molecule has 2 aromatic carbocycles. The van der Waals surface area contributed by atoms with E-state index in [1.54, 1.807) is 0 Å². The first-order valence-electron chi connectivity index (χ1n) is 10.5. The topological polar surface area (TPSA) is 57.7 Å². The molecule has 0 saturated carbocycles. The van der Waals surface area contributed by atoms with E-state index in [2.05, 4.69) is 0 Å². The van der Waals surface area contributed by atoms with Gasteiger partial charge in [0.1, 0.15) is 11.8 Å². The van der Waals surface area contributed by atoms with Crippen LogP contribution in [0.5, 0.6) is 0 Å². The van der Waals surface area contributed by atoms with Crippen molar-refractivity contribution in [2.24, 2.45) is 0 Å². The highest BCUT2D eigenvalue weighted by atomic mass is 32.2. The number of hydrogen-bond acceptors (Lipinski definition) is 4. The van der Waals surface area contributed by atoms with E-state index < -0.39 is 74.5 Å². The van der Waals surface area contributed by atoms with Crippen molar-refractivity contribution in [2.45, 2.75) is 49.4 Å². The molecule has 15 heteroatoms. The Hall–Kier alpha value is -2.81. The van der Waals surface area contributed by atoms with Crippen molar-refractivity contribution in [1.29, 1.82) is 0 Å². The van der Waals surface area contributed by atoms with Gasteiger partial charge in [0.15, 0.2) is 0 Å². The zero-order chi connectivity index (χ0) is 28.1. The zero-order valence-electron chi connectivity index (χ0n) is 19.0. The third-order valence-corrected chi connectivity index (χ3v) is 7.79. The first kappa shape index (κ1) is 28.8. The van der Waals surface area contributed by atoms with Crippen LogP contribution in [-0.2, 0) is 33.3 Å². The van der Waals surface area contributed by atoms with Gasteiger partial charge >= 0.3 is 18.5 Å². The van der Waals surface area contributed by atoms with Gasteiger partial charge in [-0.3, -0.25) is 4.79 Å². The van der Waals surface area contributed by atoms with Crippen molar-refractivity contribution < 1.29 is 52.7 Å². The number of Topliss-reactive ketones (excluding diaryl/α,β-unsaturated/α-hetero) is 1. The van der Waals surface area contributed by atoms with E-state index in [4.69, 9.17) is 0 Å². The molecule has 1 saturated heterocycles. The summed E-state index contributed by atoms with van der Waals surface area (Å²) in [6.07, 6.45) is -15.2. The molecule has 1 fully saturated rings. The Labute approximate surface area is 205 Å². The van der Waals surface area contributed by atoms with Gasteiger partial charge < -0.3 is 4.90 Å². The maximum atomic E-state index is 13.3. The summed E-state index contributed by atoms with van der Waals surface area (Å²) in [4.78, 5) is 12.6. The van der Waals surface area contributed by atoms with Crippen molar-refractivity contribution in [3.8, 4) is 0 Å². The van der Waals surface area contributed by atoms with Crippen molar-refractivity contribution in [3.63, 3.8) is 0 Å². The number of hydrogen-bond donors (Lipinski definition) is 0. The van der Waals surface area contributed by atoms with E-state index in [1.807, 2.05) is 0 Å². The monoisotopic (exact) mass is 562 g/mol. The minimum Gasteiger partial charge on any atom is -0.365 e. The van der Waals surface area contributed by atoms with Gasteiger partial charge in [0.2, 0.25) is 10.0 Å². The van der Waals surface area contributed by atoms with Crippen LogP contribution in [0.2, 0.25) is 0 Å². The maximum Gasteiger partial charge on any atom is 0.416 e. The Morgan fingerprint density at radius 3 is 1.65 bits per heavy atom. The Morgan fingerprint density at radius 2 is 1.24 bits per heavy atom. The van der Waals surface area contributed by atoms with Gasteiger partial charge in [0.05, 0.1) is 21.6 Å². The summed E-state index contributed by atoms with van der Waals surface area (Å²) in [6.45, 7) is 1.63. The fourth-order valence-electron chi connectivity index (χ4n) is 4.19. The number of alkyl halides is 9. The molecule has 1 aliphatic rings. The molecule has 2 atom stereocenters. The maximum absolute atomic E-state index is 13.3. The number of halogens is 9. The van der Waals surface area contributed by atoms with Gasteiger partial charge in [0.25, 0.3) is 0 Å². The number of carbonyl (C=O) groups is 1. The summed E-state index contributed by atoms with van der Waals surface area (Å²) in [5, 5.41) is 0. The lowest BCUT2D eigenvalue weighted by Gasteiger charge is -2.45. The average Bonchev–Trinajstić information content (AvgIpc) is 2.76. The Balaban J connectivity index is 2.04. The number of sulfonamides is 1. The van der Waals surface area contributed by atoms with E-state index in [9.17, 15) is 52.7 Å². The second kappa shape index (κ2) is 9.49. The summed E-state index contributed by atoms with van der Waals surface area (Å²) in [6, 6.07) is 1.14. The van der Waals surface area contributed by atoms with Crippen LogP contribution >= 0.6 is 0 Å². The molecule has 0 aliphatic carbocycles. The van der Waals surface area contributed by atoms with Gasteiger partial charge in [-0.2, -0.15) is 43.8 Å². The predicted octanol–water partition coefficient (Wildman–Crippen LogP) is 5.60. The van der Waals surface area contributed by atoms with Crippen LogP contribution in [0, 0.1) is 0 Å². The molecule has 0 bridgehead atoms. The summed E-state index contributed by atoms with van der Waals surface area (Å²) in [5.74, 6) is -0.768. The molecule has 0 radical (unpaired) electrons. The molecule has 5 nitrogen and oxygen atoms in total. The summed E-state index contributed by atoms with van der Waals surface area (Å²) in [7, 11) is -5.05. The summed E-state index contributed by atoms with van der Waals surface area (Å²) in [5.41, 5.74) is -4.41. The molecule has 1 aliphatic heterocycles. The fraction of sp³-hybridized carbons (Fsp3) is 0.409. The van der Waals surface area contributed by atoms with Crippen molar-refractivity contribution >= 4 is 21.5 Å². The van der Waals surface area contributed by atoms with Crippen LogP contribution in [0.4, 0.5) is 45.2 Å². The molecule has 0 amide bonds. The lowest BCUT2D eigenvalue weighted by atomic mass is 10.0. The van der Waals surface area contributed by atoms with Crippen molar-refractivity contribution in [2.75, 3.05) is 18.0 Å². The lowest BCUT2D eigenvalue weighted by Crippen LogP contribution is -2.62. The van der Waals surface area contributed by atoms with Crippen LogP contribution < -0.4 is 4.90 Å². The van der Waals surface area contributed by atoms with Gasteiger partial charge in [-0.05, 0) is 56.3 Å². The highest BCUT2D eigenvalue weighted by Gasteiger charge is 2.45. The molecule has 2 aromatic rings. The first-order valence-corrected chi connectivity index (χ1v) is 11.9. The second-order valence-electron chi connectivity index (χ2n) is 8.39. The van der Waals surface area contributed by atoms with E-state index >= 15 is 0 Å². The van der Waals surface area contributed by atoms with Crippen LogP contribution in [0.3, 0.4) is 0 Å². The van der Waals surface area contributed by atoms with E-state index in [1.165, 1.54) is 11.8 Å². The molecule has 2 unspecified atom stereocenters. The number of rotatable bonds is 4. The van der Waals surface area contributed by atoms with E-state index in [0.717, 1.165) is 31.2 Å². The minimum atomic E-state index is -5.29. The normalized spacial score (nSPS) is 20.2. The second-order valence-corrected chi connectivity index (χ2v) is 10.3. The number of benzene rings is 2. The minimum absolute atomic E-state index is 0.0642. The van der Waals surface area contributed by atoms with E-state index in [-0.39, 0.29) is 30.4 Å². The average molecular weight is 562 g/mol. The number of ketones is 1. The summed E-state index contributed by atoms with van der Waals surface area (Å²) >= 11 is 0. The molecular formula is C22H19F9N2O3S. The number of carbonyl (C=O) groups excluding carboxylic acids is 1. The Morgan fingerprint density at radius 1 is 0.784 bits per heavy atom. The number of piperazine rings is 1. The quantitative estimate of drug-likeness (QED) is 0.456. The molecular weight excluding hydrogens is 543 g/mol. The van der Waals surface area contributed by atoms with Gasteiger partial charge in [-0.15, -0.1) is 0 Å². The largest absolute Gasteiger partial charge is 0.416 e. The van der Waals surface area contributed by atoms with Crippen molar-refractivity contribution in [1.82, 2.24) is 4.31 Å². The first-order chi connectivity index (χ1) is 16.7. The van der Waals surface area contributed by atoms with E-state index in [0.29, 0.717) is 4.31 Å². The third kappa shape index (κ3) is 5.87. The molecule has 204 valence electrons. The zero-order valence-corrected chi connectivity index (χ0v) is 19.9. The number of anilines is 1. The van der Waals surface area contributed by atoms with Crippen LogP contribution in [0.1, 0.15) is 30.5 Å². The summed E-state index contributed by atoms with van der Waals surface area (Å²) < 4.78 is 145. The fourth-order valence-corrected chi connectivity index (χ4v) is 5.96. The van der Waals surface area contributed by atoms with Crippen LogP contribution in [-0.4, -0.2) is 43.7 Å². The highest BCUT2D eigenvalue weighted by molar-refractivity contribution is 7.89. The molecule has 37 heavy (non-hydrogen) atoms. The van der Waals surface area contributed by atoms with Gasteiger partial charge in [-0.25, -0.2) is 8.42 Å². The van der Waals surface area contributed by atoms with Gasteiger partial charge in [0, 0.05) is 24.8 Å². The predicted molar refractivity (Wildman–Crippen MR) is 113 cm³/mol. The Kier molecular flexibility index (Phi) is 7.38. The van der Waals surface area contributed by atoms with Crippen LogP contribution in [0.25, 0.3) is 0 Å². The SMILES string of the molecule is CC(=O)C1C(C)N(c2ccc(C(F)(F)F)cc2)CCN1S(=O)(=O)c1cc(C(F)(F)F)cc(C(F)(F)F)c1. The molecule has 0 spiro atoms. The standard InChI is InChI=1S/C22H19F9N2O3S/c1-12-19(13(2)34)33(8-7-32(12)17-5-3-14(4-6-17)20(23,24)25)37(35,36)18-10-15(21(26,27)28)9-16(11-18)22(29,30)31/h3-6,9-12,19H,7-8H2,1-2H3. The lowest BCUT2D eigenvalue weighted by molar-refractivity contribution is -0.143. The highest BCUT2D eigenvalue weighted by Crippen LogP contribution is 2.39. The molecule has 0 N–H and O–H groups in total. The van der Waals surface area contributed by atoms with Crippen molar-refractivity contribution in [3.05, 3.63) is 59.2 Å². The smallest absolute Gasteiger partial charge is 0.365 e. The van der Waals surface area contributed by atoms with Gasteiger partial charge in [-0.1, -0.05) is 0 Å². The number of nitrogens with zero attached hydrogens (tertiary/aromatic N) is 2. The Bertz CT molecular complexity index is 1240.